The highest BCUT2D eigenvalue weighted by Gasteiger charge is 2.33. The molecule has 0 aliphatic heterocycles. The van der Waals surface area contributed by atoms with Crippen molar-refractivity contribution in [1.29, 1.82) is 0 Å². The van der Waals surface area contributed by atoms with E-state index in [0.29, 0.717) is 32.2 Å². The number of carbonyl (C=O) groups excluding carboxylic acids is 3. The molecule has 0 radical (unpaired) electrons. The highest BCUT2D eigenvalue weighted by molar-refractivity contribution is 6.43. The van der Waals surface area contributed by atoms with Gasteiger partial charge in [-0.2, -0.15) is 0 Å². The van der Waals surface area contributed by atoms with Gasteiger partial charge in [0.05, 0.1) is 5.94 Å². The molecule has 3 atom stereocenters. The largest absolute Gasteiger partial charge is 0.475 e. The van der Waals surface area contributed by atoms with Gasteiger partial charge in [-0.1, -0.05) is 58.0 Å². The normalized spacial score (nSPS) is 13.6. The molecule has 0 aliphatic carbocycles. The van der Waals surface area contributed by atoms with Crippen LogP contribution in [0.3, 0.4) is 0 Å². The number of hydrogen-bond donors (Lipinski definition) is 6. The predicted octanol–water partition coefficient (Wildman–Crippen LogP) is 1.09. The quantitative estimate of drug-likeness (QED) is 0.158. The topological polar surface area (TPSA) is 163 Å². The van der Waals surface area contributed by atoms with Crippen LogP contribution in [0, 0.1) is 11.8 Å². The van der Waals surface area contributed by atoms with E-state index in [1.165, 1.54) is 0 Å². The van der Waals surface area contributed by atoms with Gasteiger partial charge in [0.2, 0.25) is 11.8 Å². The Bertz CT molecular complexity index is 771. The fourth-order valence-electron chi connectivity index (χ4n) is 3.49. The molecule has 3 amide bonds. The monoisotopic (exact) mass is 492 g/mol. The second-order valence-corrected chi connectivity index (χ2v) is 9.43. The Kier molecular flexibility index (Phi) is 14.0. The molecule has 0 fully saturated rings. The van der Waals surface area contributed by atoms with E-state index in [9.17, 15) is 24.4 Å². The molecule has 35 heavy (non-hydrogen) atoms. The summed E-state index contributed by atoms with van der Waals surface area (Å²) in [4.78, 5) is 38.4. The zero-order valence-electron chi connectivity index (χ0n) is 21.2. The van der Waals surface area contributed by atoms with Crippen LogP contribution in [0.5, 0.6) is 0 Å². The molecule has 1 aromatic rings. The summed E-state index contributed by atoms with van der Waals surface area (Å²) in [6, 6.07) is 7.33. The maximum absolute atomic E-state index is 13.1. The molecule has 11 heteroatoms. The van der Waals surface area contributed by atoms with Gasteiger partial charge < -0.3 is 36.5 Å². The molecular weight excluding hydrogens is 451 g/mol. The van der Waals surface area contributed by atoms with Crippen LogP contribution in [0.4, 0.5) is 4.79 Å². The Hall–Kier alpha value is -2.63. The molecule has 0 spiro atoms. The molecule has 1 aromatic carbocycles. The van der Waals surface area contributed by atoms with Crippen LogP contribution in [-0.4, -0.2) is 59.6 Å². The van der Waals surface area contributed by atoms with Crippen molar-refractivity contribution in [2.45, 2.75) is 78.0 Å². The molecule has 196 valence electrons. The first-order valence-electron chi connectivity index (χ1n) is 12.2. The van der Waals surface area contributed by atoms with E-state index in [1.54, 1.807) is 13.8 Å². The lowest BCUT2D eigenvalue weighted by Crippen LogP contribution is -2.58. The van der Waals surface area contributed by atoms with Crippen LogP contribution in [0.2, 0.25) is 0 Å². The van der Waals surface area contributed by atoms with Gasteiger partial charge in [-0.05, 0) is 49.6 Å². The van der Waals surface area contributed by atoms with Crippen LogP contribution in [0.25, 0.3) is 0 Å². The van der Waals surface area contributed by atoms with E-state index in [0.717, 1.165) is 5.56 Å². The standard InChI is InChI=1S/C24H41BN4O6/c1-16(2)14-20(23(31)29-21(17(3)4)25(33)34)27-22(30)19(12-8-9-13-26)28-24(32)35-15-18-10-6-5-7-11-18/h5-7,10-11,16-17,19-21,33-34H,8-9,12-15,26H2,1-4H3,(H,27,30)(H,28,32)(H,29,31)/t19-,20-,21-/m0/s1. The molecule has 10 nitrogen and oxygen atoms in total. The summed E-state index contributed by atoms with van der Waals surface area (Å²) in [6.45, 7) is 7.82. The van der Waals surface area contributed by atoms with Crippen molar-refractivity contribution in [3.63, 3.8) is 0 Å². The summed E-state index contributed by atoms with van der Waals surface area (Å²) in [6.07, 6.45) is 1.18. The van der Waals surface area contributed by atoms with Crippen molar-refractivity contribution in [3.8, 4) is 0 Å². The summed E-state index contributed by atoms with van der Waals surface area (Å²) in [5, 5.41) is 27.1. The minimum absolute atomic E-state index is 0.0578. The van der Waals surface area contributed by atoms with Gasteiger partial charge in [-0.15, -0.1) is 0 Å². The average molecular weight is 492 g/mol. The number of nitrogens with one attached hydrogen (secondary N) is 3. The lowest BCUT2D eigenvalue weighted by molar-refractivity contribution is -0.130. The van der Waals surface area contributed by atoms with Gasteiger partial charge in [0.1, 0.15) is 18.7 Å². The van der Waals surface area contributed by atoms with Gasteiger partial charge in [0, 0.05) is 0 Å². The first-order chi connectivity index (χ1) is 16.5. The molecule has 0 heterocycles. The number of ether oxygens (including phenoxy) is 1. The lowest BCUT2D eigenvalue weighted by Gasteiger charge is -2.27. The van der Waals surface area contributed by atoms with E-state index in [2.05, 4.69) is 16.0 Å². The third kappa shape index (κ3) is 12.1. The summed E-state index contributed by atoms with van der Waals surface area (Å²) in [5.41, 5.74) is 6.38. The molecular formula is C24H41BN4O6. The van der Waals surface area contributed by atoms with Gasteiger partial charge in [-0.3, -0.25) is 9.59 Å². The maximum atomic E-state index is 13.1. The lowest BCUT2D eigenvalue weighted by atomic mass is 9.73. The zero-order valence-corrected chi connectivity index (χ0v) is 21.2. The second kappa shape index (κ2) is 16.1. The SMILES string of the molecule is CC(C)C[C@H](NC(=O)[C@H](CCCCN)NC(=O)OCc1ccccc1)C(=O)N[C@H](B(O)O)C(C)C. The minimum Gasteiger partial charge on any atom is -0.445 e. The van der Waals surface area contributed by atoms with Crippen LogP contribution in [-0.2, 0) is 20.9 Å². The first kappa shape index (κ1) is 30.4. The average Bonchev–Trinajstić information content (AvgIpc) is 2.80. The van der Waals surface area contributed by atoms with Crippen molar-refractivity contribution in [1.82, 2.24) is 16.0 Å². The van der Waals surface area contributed by atoms with Crippen molar-refractivity contribution < 1.29 is 29.2 Å². The van der Waals surface area contributed by atoms with Crippen LogP contribution >= 0.6 is 0 Å². The predicted molar refractivity (Wildman–Crippen MR) is 135 cm³/mol. The Labute approximate surface area is 208 Å². The Morgan fingerprint density at radius 1 is 0.943 bits per heavy atom. The number of hydrogen-bond acceptors (Lipinski definition) is 7. The van der Waals surface area contributed by atoms with Gasteiger partial charge in [0.15, 0.2) is 0 Å². The number of unbranched alkanes of at least 4 members (excludes halogenated alkanes) is 1. The van der Waals surface area contributed by atoms with Gasteiger partial charge >= 0.3 is 13.2 Å². The van der Waals surface area contributed by atoms with Crippen molar-refractivity contribution in [3.05, 3.63) is 35.9 Å². The Morgan fingerprint density at radius 3 is 2.11 bits per heavy atom. The summed E-state index contributed by atoms with van der Waals surface area (Å²) >= 11 is 0. The molecule has 0 aliphatic rings. The number of benzene rings is 1. The van der Waals surface area contributed by atoms with Crippen LogP contribution in [0.15, 0.2) is 30.3 Å². The number of carbonyl (C=O) groups is 3. The second-order valence-electron chi connectivity index (χ2n) is 9.43. The van der Waals surface area contributed by atoms with E-state index in [-0.39, 0.29) is 18.4 Å². The number of amides is 3. The molecule has 0 bridgehead atoms. The van der Waals surface area contributed by atoms with Crippen LogP contribution in [0.1, 0.15) is 58.9 Å². The Morgan fingerprint density at radius 2 is 1.57 bits per heavy atom. The molecule has 7 N–H and O–H groups in total. The smallest absolute Gasteiger partial charge is 0.445 e. The summed E-state index contributed by atoms with van der Waals surface area (Å²) in [7, 11) is -1.74. The van der Waals surface area contributed by atoms with Gasteiger partial charge in [-0.25, -0.2) is 4.79 Å². The summed E-state index contributed by atoms with van der Waals surface area (Å²) < 4.78 is 5.25. The summed E-state index contributed by atoms with van der Waals surface area (Å²) in [5.74, 6) is -2.10. The third-order valence-corrected chi connectivity index (χ3v) is 5.46. The highest BCUT2D eigenvalue weighted by Crippen LogP contribution is 2.10. The first-order valence-corrected chi connectivity index (χ1v) is 12.2. The highest BCUT2D eigenvalue weighted by atomic mass is 16.5. The molecule has 0 saturated carbocycles. The number of alkyl carbamates (subject to hydrolysis) is 1. The van der Waals surface area contributed by atoms with Crippen molar-refractivity contribution in [2.75, 3.05) is 6.54 Å². The molecule has 0 unspecified atom stereocenters. The molecule has 1 rings (SSSR count). The fraction of sp³-hybridized carbons (Fsp3) is 0.625. The third-order valence-electron chi connectivity index (χ3n) is 5.46. The van der Waals surface area contributed by atoms with E-state index < -0.39 is 43.1 Å². The fourth-order valence-corrected chi connectivity index (χ4v) is 3.49. The number of nitrogens with two attached hydrogens (primary N) is 1. The van der Waals surface area contributed by atoms with E-state index in [1.807, 2.05) is 44.2 Å². The van der Waals surface area contributed by atoms with Crippen molar-refractivity contribution >= 4 is 25.0 Å². The minimum atomic E-state index is -1.74. The molecule has 0 aromatic heterocycles. The molecule has 0 saturated heterocycles. The zero-order chi connectivity index (χ0) is 26.4. The Balaban J connectivity index is 2.88. The van der Waals surface area contributed by atoms with Gasteiger partial charge in [0.25, 0.3) is 0 Å². The maximum Gasteiger partial charge on any atom is 0.475 e. The number of rotatable bonds is 15. The van der Waals surface area contributed by atoms with E-state index >= 15 is 0 Å². The van der Waals surface area contributed by atoms with Crippen LogP contribution < -0.4 is 21.7 Å². The van der Waals surface area contributed by atoms with Crippen molar-refractivity contribution in [2.24, 2.45) is 17.6 Å². The van der Waals surface area contributed by atoms with E-state index in [4.69, 9.17) is 10.5 Å².